The van der Waals surface area contributed by atoms with Gasteiger partial charge in [0.15, 0.2) is 0 Å². The summed E-state index contributed by atoms with van der Waals surface area (Å²) in [6.07, 6.45) is 36.0. The van der Waals surface area contributed by atoms with Crippen LogP contribution in [0.15, 0.2) is 23.3 Å². The van der Waals surface area contributed by atoms with Crippen LogP contribution < -0.4 is 0 Å². The molecule has 0 spiro atoms. The van der Waals surface area contributed by atoms with Gasteiger partial charge in [0, 0.05) is 6.42 Å². The molecule has 0 radical (unpaired) electrons. The highest BCUT2D eigenvalue weighted by Crippen LogP contribution is 2.77. The summed E-state index contributed by atoms with van der Waals surface area (Å²) in [4.78, 5) is 13.5. The molecule has 3 heteroatoms. The number of allylic oxidation sites excluding steroid dienone is 2. The van der Waals surface area contributed by atoms with Gasteiger partial charge in [-0.25, -0.2) is 4.89 Å². The Morgan fingerprint density at radius 1 is 0.568 bits per heavy atom. The van der Waals surface area contributed by atoms with Gasteiger partial charge in [0.1, 0.15) is 0 Å². The molecular formula is C34H52O3. The van der Waals surface area contributed by atoms with E-state index >= 15 is 0 Å². The minimum absolute atomic E-state index is 0.125. The van der Waals surface area contributed by atoms with Crippen LogP contribution in [0.4, 0.5) is 0 Å². The summed E-state index contributed by atoms with van der Waals surface area (Å²) in [6, 6.07) is 0. The average Bonchev–Trinajstić information content (AvgIpc) is 3.30. The molecule has 5 fully saturated rings. The quantitative estimate of drug-likeness (QED) is 0.134. The van der Waals surface area contributed by atoms with Crippen LogP contribution >= 0.6 is 0 Å². The minimum atomic E-state index is -0.636. The molecule has 3 atom stereocenters. The first-order chi connectivity index (χ1) is 18.3. The average molecular weight is 509 g/mol. The molecule has 5 saturated carbocycles. The zero-order valence-electron chi connectivity index (χ0n) is 23.5. The molecule has 0 N–H and O–H groups in total. The molecule has 0 heterocycles. The first kappa shape index (κ1) is 25.3. The third kappa shape index (κ3) is 4.07. The maximum atomic E-state index is 7.39. The highest BCUT2D eigenvalue weighted by molar-refractivity contribution is 5.44. The fourth-order valence-corrected chi connectivity index (χ4v) is 10.3. The Morgan fingerprint density at radius 2 is 1.22 bits per heavy atom. The molecule has 0 saturated heterocycles. The van der Waals surface area contributed by atoms with E-state index in [1.165, 1.54) is 128 Å². The van der Waals surface area contributed by atoms with Crippen molar-refractivity contribution in [2.24, 2.45) is 22.7 Å². The van der Waals surface area contributed by atoms with Crippen molar-refractivity contribution < 1.29 is 14.5 Å². The van der Waals surface area contributed by atoms with Crippen LogP contribution in [0.25, 0.3) is 0 Å². The van der Waals surface area contributed by atoms with Crippen LogP contribution in [-0.2, 0) is 14.5 Å². The fraction of sp³-hybridized carbons (Fsp3) is 0.882. The summed E-state index contributed by atoms with van der Waals surface area (Å²) < 4.78 is 7.39. The van der Waals surface area contributed by atoms with Gasteiger partial charge in [-0.1, -0.05) is 55.4 Å². The second-order valence-electron chi connectivity index (χ2n) is 14.0. The van der Waals surface area contributed by atoms with E-state index in [2.05, 4.69) is 12.2 Å². The third-order valence-electron chi connectivity index (χ3n) is 12.1. The molecule has 7 aliphatic rings. The Labute approximate surface area is 226 Å². The van der Waals surface area contributed by atoms with E-state index in [1.54, 1.807) is 11.1 Å². The van der Waals surface area contributed by atoms with Gasteiger partial charge in [0.2, 0.25) is 5.79 Å². The van der Waals surface area contributed by atoms with Gasteiger partial charge in [-0.05, 0) is 126 Å². The summed E-state index contributed by atoms with van der Waals surface area (Å²) >= 11 is 0. The first-order valence-electron chi connectivity index (χ1n) is 16.7. The third-order valence-corrected chi connectivity index (χ3v) is 12.1. The number of hydrogen-bond donors (Lipinski definition) is 0. The lowest BCUT2D eigenvalue weighted by Gasteiger charge is -2.61. The van der Waals surface area contributed by atoms with Gasteiger partial charge in [-0.2, -0.15) is 4.89 Å². The van der Waals surface area contributed by atoms with Crippen molar-refractivity contribution in [1.82, 2.24) is 0 Å². The van der Waals surface area contributed by atoms with Crippen LogP contribution in [0.5, 0.6) is 0 Å². The van der Waals surface area contributed by atoms with Crippen LogP contribution in [0, 0.1) is 22.7 Å². The first-order valence-corrected chi connectivity index (χ1v) is 16.7. The summed E-state index contributed by atoms with van der Waals surface area (Å²) in [7, 11) is 0. The second kappa shape index (κ2) is 10.4. The van der Waals surface area contributed by atoms with E-state index in [0.717, 1.165) is 31.1 Å². The smallest absolute Gasteiger partial charge is 0.215 e. The van der Waals surface area contributed by atoms with Crippen LogP contribution in [-0.4, -0.2) is 18.0 Å². The predicted octanol–water partition coefficient (Wildman–Crippen LogP) is 9.51. The Hall–Kier alpha value is -0.640. The van der Waals surface area contributed by atoms with Crippen molar-refractivity contribution in [3.05, 3.63) is 23.3 Å². The summed E-state index contributed by atoms with van der Waals surface area (Å²) in [5.74, 6) is 0.964. The number of rotatable bonds is 9. The zero-order chi connectivity index (χ0) is 24.8. The molecule has 37 heavy (non-hydrogen) atoms. The van der Waals surface area contributed by atoms with E-state index in [4.69, 9.17) is 14.5 Å². The van der Waals surface area contributed by atoms with Gasteiger partial charge < -0.3 is 4.74 Å². The van der Waals surface area contributed by atoms with Crippen molar-refractivity contribution in [2.75, 3.05) is 0 Å². The van der Waals surface area contributed by atoms with E-state index < -0.39 is 5.79 Å². The maximum absolute atomic E-state index is 7.39. The second-order valence-corrected chi connectivity index (χ2v) is 14.0. The highest BCUT2D eigenvalue weighted by atomic mass is 17.2. The number of hydrogen-bond acceptors (Lipinski definition) is 3. The highest BCUT2D eigenvalue weighted by Gasteiger charge is 2.76. The molecule has 206 valence electrons. The lowest BCUT2D eigenvalue weighted by Crippen LogP contribution is -2.62. The fourth-order valence-electron chi connectivity index (χ4n) is 10.3. The standard InChI is InChI=1S/C34H52O3/c1-3-12-26(13-4-1)32(27-14-7-8-15-27)24-25-33(35-30-22-23-30,37-36-31-20-11-21-31)34(32,29-18-9-10-19-29)28-16-5-2-6-17-28/h16,18,26-27,30-31H,1-15,17,19-25H2. The van der Waals surface area contributed by atoms with E-state index in [1.807, 2.05) is 0 Å². The Bertz CT molecular complexity index is 871. The summed E-state index contributed by atoms with van der Waals surface area (Å²) in [5, 5.41) is 0. The molecule has 3 unspecified atom stereocenters. The van der Waals surface area contributed by atoms with Crippen molar-refractivity contribution in [2.45, 2.75) is 166 Å². The van der Waals surface area contributed by atoms with E-state index in [9.17, 15) is 0 Å². The monoisotopic (exact) mass is 508 g/mol. The molecule has 0 aromatic rings. The van der Waals surface area contributed by atoms with Gasteiger partial charge >= 0.3 is 0 Å². The molecule has 0 aromatic heterocycles. The number of ether oxygens (including phenoxy) is 1. The lowest BCUT2D eigenvalue weighted by molar-refractivity contribution is -0.473. The largest absolute Gasteiger partial charge is 0.343 e. The summed E-state index contributed by atoms with van der Waals surface area (Å²) in [6.45, 7) is 0. The molecule has 3 nitrogen and oxygen atoms in total. The van der Waals surface area contributed by atoms with Gasteiger partial charge in [0.25, 0.3) is 0 Å². The van der Waals surface area contributed by atoms with Crippen molar-refractivity contribution in [1.29, 1.82) is 0 Å². The predicted molar refractivity (Wildman–Crippen MR) is 148 cm³/mol. The van der Waals surface area contributed by atoms with Crippen LogP contribution in [0.3, 0.4) is 0 Å². The van der Waals surface area contributed by atoms with E-state index in [-0.39, 0.29) is 16.9 Å². The Balaban J connectivity index is 1.45. The van der Waals surface area contributed by atoms with Gasteiger partial charge in [-0.15, -0.1) is 0 Å². The van der Waals surface area contributed by atoms with Crippen LogP contribution in [0.1, 0.15) is 148 Å². The Morgan fingerprint density at radius 3 is 1.78 bits per heavy atom. The van der Waals surface area contributed by atoms with Crippen molar-refractivity contribution in [3.8, 4) is 0 Å². The molecule has 0 aromatic carbocycles. The maximum Gasteiger partial charge on any atom is 0.215 e. The molecule has 0 aliphatic heterocycles. The van der Waals surface area contributed by atoms with Gasteiger partial charge in [-0.3, -0.25) is 0 Å². The van der Waals surface area contributed by atoms with Crippen molar-refractivity contribution >= 4 is 0 Å². The topological polar surface area (TPSA) is 27.7 Å². The normalized spacial score (nSPS) is 40.1. The molecule has 0 amide bonds. The van der Waals surface area contributed by atoms with Crippen LogP contribution in [0.2, 0.25) is 0 Å². The minimum Gasteiger partial charge on any atom is -0.343 e. The molecule has 7 rings (SSSR count). The lowest BCUT2D eigenvalue weighted by atomic mass is 9.44. The van der Waals surface area contributed by atoms with E-state index in [0.29, 0.717) is 6.10 Å². The SMILES string of the molecule is C1=C(C2(C3=CCCCC3)C(OOC3CCC3)(OC3CC3)CCC2(C2CCCCC2)C2CCCC2)CCC1. The molecule has 0 bridgehead atoms. The van der Waals surface area contributed by atoms with Gasteiger partial charge in [0.05, 0.1) is 17.6 Å². The zero-order valence-corrected chi connectivity index (χ0v) is 23.5. The van der Waals surface area contributed by atoms with Crippen molar-refractivity contribution in [3.63, 3.8) is 0 Å². The Kier molecular flexibility index (Phi) is 7.12. The molecule has 7 aliphatic carbocycles. The summed E-state index contributed by atoms with van der Waals surface area (Å²) in [5.41, 5.74) is 3.58. The molecular weight excluding hydrogens is 456 g/mol.